The molecule has 1 fully saturated rings. The minimum Gasteiger partial charge on any atom is -0.542 e. The molecule has 0 aromatic carbocycles. The van der Waals surface area contributed by atoms with Crippen LogP contribution >= 0.6 is 0 Å². The zero-order chi connectivity index (χ0) is 17.0. The van der Waals surface area contributed by atoms with Gasteiger partial charge in [-0.3, -0.25) is 4.79 Å². The van der Waals surface area contributed by atoms with Gasteiger partial charge < -0.3 is 20.4 Å². The van der Waals surface area contributed by atoms with Crippen molar-refractivity contribution in [2.75, 3.05) is 13.2 Å². The average molecular weight is 326 g/mol. The van der Waals surface area contributed by atoms with Crippen LogP contribution in [0, 0.1) is 0 Å². The number of β-lactam (4-membered cyclic amide) rings is 1. The molecule has 0 aromatic rings. The van der Waals surface area contributed by atoms with Crippen LogP contribution in [0.2, 0.25) is 0 Å². The lowest BCUT2D eigenvalue weighted by molar-refractivity contribution is -0.419. The van der Waals surface area contributed by atoms with Gasteiger partial charge in [-0.15, -0.1) is 0 Å². The summed E-state index contributed by atoms with van der Waals surface area (Å²) in [5, 5.41) is 8.78. The molecule has 1 rings (SSSR count). The minimum absolute atomic E-state index is 0.00945. The van der Waals surface area contributed by atoms with Crippen molar-refractivity contribution in [2.45, 2.75) is 18.4 Å². The third kappa shape index (κ3) is 6.78. The first kappa shape index (κ1) is 18.9. The Morgan fingerprint density at radius 2 is 1.71 bits per heavy atom. The SMILES string of the molecule is O=C([O-])C(F)(F)F.[NH3+][C@H]1CN(C(=O)OCC(F)(F)F)C1=O. The molecule has 1 aliphatic rings. The van der Waals surface area contributed by atoms with Crippen LogP contribution in [0.25, 0.3) is 0 Å². The van der Waals surface area contributed by atoms with Crippen molar-refractivity contribution < 1.29 is 56.3 Å². The lowest BCUT2D eigenvalue weighted by Gasteiger charge is -2.30. The van der Waals surface area contributed by atoms with Crippen LogP contribution in [-0.4, -0.2) is 54.4 Å². The van der Waals surface area contributed by atoms with E-state index in [1.807, 2.05) is 0 Å². The van der Waals surface area contributed by atoms with E-state index in [1.54, 1.807) is 0 Å². The number of nitrogens with zero attached hydrogens (tertiary/aromatic N) is 1. The van der Waals surface area contributed by atoms with Gasteiger partial charge in [0.15, 0.2) is 12.6 Å². The van der Waals surface area contributed by atoms with E-state index in [-0.39, 0.29) is 6.54 Å². The number of hydrogen-bond donors (Lipinski definition) is 1. The first-order valence-corrected chi connectivity index (χ1v) is 4.92. The molecule has 122 valence electrons. The van der Waals surface area contributed by atoms with Gasteiger partial charge in [0.05, 0.1) is 6.54 Å². The first-order valence-electron chi connectivity index (χ1n) is 4.92. The van der Waals surface area contributed by atoms with Crippen molar-refractivity contribution in [3.05, 3.63) is 0 Å². The molecule has 1 atom stereocenters. The Hall–Kier alpha value is -2.05. The molecule has 1 heterocycles. The number of carbonyl (C=O) groups excluding carboxylic acids is 3. The summed E-state index contributed by atoms with van der Waals surface area (Å²) < 4.78 is 70.1. The fourth-order valence-electron chi connectivity index (χ4n) is 0.882. The smallest absolute Gasteiger partial charge is 0.430 e. The van der Waals surface area contributed by atoms with Crippen LogP contribution < -0.4 is 10.8 Å². The lowest BCUT2D eigenvalue weighted by Crippen LogP contribution is -2.79. The van der Waals surface area contributed by atoms with Crippen LogP contribution in [0.1, 0.15) is 0 Å². The number of imide groups is 1. The van der Waals surface area contributed by atoms with Crippen molar-refractivity contribution in [1.82, 2.24) is 4.90 Å². The standard InChI is InChI=1S/C6H7F3N2O3.C2HF3O2/c7-6(8,9)2-14-5(13)11-1-3(10)4(11)12;3-2(4,5)1(6)7/h3H,1-2,10H2;(H,6,7)/t3-;/m0./s1. The Labute approximate surface area is 112 Å². The summed E-state index contributed by atoms with van der Waals surface area (Å²) >= 11 is 0. The van der Waals surface area contributed by atoms with Crippen LogP contribution in [0.3, 0.4) is 0 Å². The first-order chi connectivity index (χ1) is 9.25. The molecule has 1 aliphatic heterocycles. The molecule has 7 nitrogen and oxygen atoms in total. The molecule has 0 bridgehead atoms. The normalized spacial score (nSPS) is 18.3. The molecule has 3 N–H and O–H groups in total. The van der Waals surface area contributed by atoms with Gasteiger partial charge >= 0.3 is 18.4 Å². The number of amides is 2. The van der Waals surface area contributed by atoms with Crippen molar-refractivity contribution in [2.24, 2.45) is 0 Å². The van der Waals surface area contributed by atoms with Gasteiger partial charge in [-0.1, -0.05) is 0 Å². The molecule has 0 unspecified atom stereocenters. The Bertz CT molecular complexity index is 420. The highest BCUT2D eigenvalue weighted by Gasteiger charge is 2.43. The molecule has 0 saturated carbocycles. The van der Waals surface area contributed by atoms with Crippen LogP contribution in [0.5, 0.6) is 0 Å². The van der Waals surface area contributed by atoms with E-state index in [0.29, 0.717) is 4.90 Å². The highest BCUT2D eigenvalue weighted by molar-refractivity contribution is 5.99. The molecule has 2 amide bonds. The fraction of sp³-hybridized carbons (Fsp3) is 0.625. The van der Waals surface area contributed by atoms with Crippen LogP contribution in [0.15, 0.2) is 0 Å². The molecule has 0 spiro atoms. The Balaban J connectivity index is 0.000000486. The van der Waals surface area contributed by atoms with Crippen LogP contribution in [0.4, 0.5) is 31.1 Å². The van der Waals surface area contributed by atoms with E-state index in [9.17, 15) is 35.9 Å². The van der Waals surface area contributed by atoms with Crippen molar-refractivity contribution in [3.8, 4) is 0 Å². The molecule has 0 radical (unpaired) electrons. The number of quaternary nitrogens is 1. The number of halogens is 6. The molecule has 0 aromatic heterocycles. The number of carboxylic acids is 1. The minimum atomic E-state index is -5.19. The highest BCUT2D eigenvalue weighted by Crippen LogP contribution is 2.16. The van der Waals surface area contributed by atoms with E-state index in [0.717, 1.165) is 0 Å². The van der Waals surface area contributed by atoms with Gasteiger partial charge in [-0.05, 0) is 0 Å². The Kier molecular flexibility index (Phi) is 5.96. The predicted octanol–water partition coefficient (Wildman–Crippen LogP) is -1.56. The second-order valence-electron chi connectivity index (χ2n) is 3.60. The maximum Gasteiger partial charge on any atom is 0.430 e. The van der Waals surface area contributed by atoms with E-state index < -0.39 is 43.0 Å². The quantitative estimate of drug-likeness (QED) is 0.462. The monoisotopic (exact) mass is 326 g/mol. The number of aliphatic carboxylic acids is 1. The van der Waals surface area contributed by atoms with Crippen molar-refractivity contribution in [3.63, 3.8) is 0 Å². The molecule has 21 heavy (non-hydrogen) atoms. The topological polar surface area (TPSA) is 114 Å². The number of hydrogen-bond acceptors (Lipinski definition) is 5. The van der Waals surface area contributed by atoms with Crippen molar-refractivity contribution >= 4 is 18.0 Å². The second-order valence-corrected chi connectivity index (χ2v) is 3.60. The predicted molar refractivity (Wildman–Crippen MR) is 46.9 cm³/mol. The number of likely N-dealkylation sites (tertiary alicyclic amines) is 1. The van der Waals surface area contributed by atoms with Gasteiger partial charge in [0.1, 0.15) is 5.97 Å². The van der Waals surface area contributed by atoms with E-state index in [1.165, 1.54) is 0 Å². The summed E-state index contributed by atoms with van der Waals surface area (Å²) in [4.78, 5) is 31.0. The van der Waals surface area contributed by atoms with Crippen molar-refractivity contribution in [1.29, 1.82) is 0 Å². The van der Waals surface area contributed by atoms with E-state index >= 15 is 0 Å². The Morgan fingerprint density at radius 3 is 1.95 bits per heavy atom. The maximum atomic E-state index is 11.6. The molecular weight excluding hydrogens is 318 g/mol. The maximum absolute atomic E-state index is 11.6. The zero-order valence-electron chi connectivity index (χ0n) is 9.95. The van der Waals surface area contributed by atoms with Gasteiger partial charge in [-0.2, -0.15) is 26.3 Å². The largest absolute Gasteiger partial charge is 0.542 e. The van der Waals surface area contributed by atoms with Gasteiger partial charge in [0.2, 0.25) is 0 Å². The van der Waals surface area contributed by atoms with Crippen LogP contribution in [-0.2, 0) is 14.3 Å². The summed E-state index contributed by atoms with van der Waals surface area (Å²) in [6.07, 6.45) is -11.0. The zero-order valence-corrected chi connectivity index (χ0v) is 9.95. The fourth-order valence-corrected chi connectivity index (χ4v) is 0.882. The number of rotatable bonds is 1. The molecule has 1 saturated heterocycles. The third-order valence-corrected chi connectivity index (χ3v) is 1.83. The van der Waals surface area contributed by atoms with Gasteiger partial charge in [0, 0.05) is 0 Å². The van der Waals surface area contributed by atoms with E-state index in [2.05, 4.69) is 10.5 Å². The second kappa shape index (κ2) is 6.60. The molecule has 0 aliphatic carbocycles. The number of carboxylic acid groups (broad SMARTS) is 1. The summed E-state index contributed by atoms with van der Waals surface area (Å²) in [5.74, 6) is -3.62. The van der Waals surface area contributed by atoms with Gasteiger partial charge in [0.25, 0.3) is 5.91 Å². The summed E-state index contributed by atoms with van der Waals surface area (Å²) in [6, 6.07) is -0.562. The summed E-state index contributed by atoms with van der Waals surface area (Å²) in [7, 11) is 0. The summed E-state index contributed by atoms with van der Waals surface area (Å²) in [5.41, 5.74) is 3.35. The van der Waals surface area contributed by atoms with Gasteiger partial charge in [-0.25, -0.2) is 9.69 Å². The molecular formula is C8H8F6N2O5. The third-order valence-electron chi connectivity index (χ3n) is 1.83. The average Bonchev–Trinajstić information content (AvgIpc) is 2.31. The lowest BCUT2D eigenvalue weighted by atomic mass is 10.1. The molecule has 13 heteroatoms. The van der Waals surface area contributed by atoms with E-state index in [4.69, 9.17) is 9.90 Å². The Morgan fingerprint density at radius 1 is 1.29 bits per heavy atom. The summed E-state index contributed by atoms with van der Waals surface area (Å²) in [6.45, 7) is -1.67. The number of carbonyl (C=O) groups is 3. The highest BCUT2D eigenvalue weighted by atomic mass is 19.4. The number of alkyl halides is 6. The number of ether oxygens (including phenoxy) is 1.